The number of phenols is 1. The minimum absolute atomic E-state index is 0.119. The molecule has 27 heavy (non-hydrogen) atoms. The molecule has 0 unspecified atom stereocenters. The van der Waals surface area contributed by atoms with E-state index in [2.05, 4.69) is 40.0 Å². The number of aromatic hydroxyl groups is 1. The second-order valence-corrected chi connectivity index (χ2v) is 7.34. The standard InChI is InChI=1S/C21H25IN2O3/c1-14(2)21(26)27-11-10-16-8-9-20(25)19(12-16)24-23-18-7-5-4-6-17(18)15(3)13-22/h4-9,12,14,24-25H,10-11,13H2,1-3H3/b17-15-,23-18-. The quantitative estimate of drug-likeness (QED) is 0.194. The second-order valence-electron chi connectivity index (χ2n) is 6.58. The van der Waals surface area contributed by atoms with Crippen LogP contribution in [-0.2, 0) is 16.0 Å². The van der Waals surface area contributed by atoms with Crippen molar-refractivity contribution in [2.75, 3.05) is 16.5 Å². The smallest absolute Gasteiger partial charge is 0.308 e. The van der Waals surface area contributed by atoms with E-state index in [1.54, 1.807) is 6.07 Å². The van der Waals surface area contributed by atoms with Gasteiger partial charge in [-0.25, -0.2) is 0 Å². The van der Waals surface area contributed by atoms with Gasteiger partial charge in [0, 0.05) is 16.4 Å². The summed E-state index contributed by atoms with van der Waals surface area (Å²) in [5.74, 6) is -0.224. The number of carbonyl (C=O) groups excluding carboxylic acids is 1. The number of carbonyl (C=O) groups is 1. The van der Waals surface area contributed by atoms with Crippen molar-refractivity contribution >= 4 is 40.0 Å². The Hall–Kier alpha value is -2.09. The molecule has 0 aliphatic heterocycles. The molecule has 0 amide bonds. The van der Waals surface area contributed by atoms with Gasteiger partial charge in [-0.2, -0.15) is 5.10 Å². The van der Waals surface area contributed by atoms with Crippen LogP contribution in [0, 0.1) is 5.92 Å². The van der Waals surface area contributed by atoms with E-state index in [1.807, 2.05) is 50.3 Å². The Morgan fingerprint density at radius 3 is 2.74 bits per heavy atom. The van der Waals surface area contributed by atoms with E-state index >= 15 is 0 Å². The van der Waals surface area contributed by atoms with Gasteiger partial charge in [0.05, 0.1) is 23.9 Å². The highest BCUT2D eigenvalue weighted by Crippen LogP contribution is 2.25. The zero-order valence-corrected chi connectivity index (χ0v) is 18.0. The van der Waals surface area contributed by atoms with Crippen molar-refractivity contribution in [3.8, 4) is 5.75 Å². The normalized spacial score (nSPS) is 16.7. The van der Waals surface area contributed by atoms with Crippen LogP contribution < -0.4 is 5.43 Å². The number of hydrogen-bond acceptors (Lipinski definition) is 5. The fourth-order valence-corrected chi connectivity index (χ4v) is 2.80. The molecule has 6 heteroatoms. The molecule has 5 nitrogen and oxygen atoms in total. The molecule has 1 aromatic rings. The third kappa shape index (κ3) is 6.23. The van der Waals surface area contributed by atoms with Crippen LogP contribution in [0.2, 0.25) is 0 Å². The highest BCUT2D eigenvalue weighted by atomic mass is 127. The Morgan fingerprint density at radius 2 is 2.04 bits per heavy atom. The van der Waals surface area contributed by atoms with Crippen molar-refractivity contribution in [1.82, 2.24) is 0 Å². The maximum Gasteiger partial charge on any atom is 0.308 e. The van der Waals surface area contributed by atoms with Crippen LogP contribution in [0.25, 0.3) is 0 Å². The highest BCUT2D eigenvalue weighted by molar-refractivity contribution is 14.1. The lowest BCUT2D eigenvalue weighted by Crippen LogP contribution is -2.13. The summed E-state index contributed by atoms with van der Waals surface area (Å²) in [4.78, 5) is 11.5. The van der Waals surface area contributed by atoms with Gasteiger partial charge in [0.25, 0.3) is 0 Å². The number of nitrogens with zero attached hydrogens (tertiary/aromatic N) is 1. The van der Waals surface area contributed by atoms with Gasteiger partial charge in [0.2, 0.25) is 0 Å². The maximum absolute atomic E-state index is 11.5. The number of hydrazone groups is 1. The van der Waals surface area contributed by atoms with Gasteiger partial charge in [-0.1, -0.05) is 66.3 Å². The van der Waals surface area contributed by atoms with Crippen molar-refractivity contribution in [2.24, 2.45) is 11.0 Å². The number of rotatable bonds is 7. The number of allylic oxidation sites excluding steroid dienone is 6. The maximum atomic E-state index is 11.5. The summed E-state index contributed by atoms with van der Waals surface area (Å²) >= 11 is 2.33. The summed E-state index contributed by atoms with van der Waals surface area (Å²) in [6.45, 7) is 6.01. The lowest BCUT2D eigenvalue weighted by atomic mass is 10.0. The number of halogens is 1. The first kappa shape index (κ1) is 21.2. The molecule has 144 valence electrons. The zero-order chi connectivity index (χ0) is 19.8. The van der Waals surface area contributed by atoms with Crippen LogP contribution in [0.3, 0.4) is 0 Å². The first-order valence-corrected chi connectivity index (χ1v) is 10.4. The first-order valence-electron chi connectivity index (χ1n) is 8.85. The first-order chi connectivity index (χ1) is 12.9. The topological polar surface area (TPSA) is 70.9 Å². The van der Waals surface area contributed by atoms with Crippen LogP contribution in [-0.4, -0.2) is 27.8 Å². The number of benzene rings is 1. The van der Waals surface area contributed by atoms with Gasteiger partial charge < -0.3 is 9.84 Å². The third-order valence-corrected chi connectivity index (χ3v) is 5.17. The molecule has 0 saturated heterocycles. The van der Waals surface area contributed by atoms with Crippen LogP contribution >= 0.6 is 22.6 Å². The van der Waals surface area contributed by atoms with Crippen molar-refractivity contribution in [1.29, 1.82) is 0 Å². The van der Waals surface area contributed by atoms with Crippen molar-refractivity contribution < 1.29 is 14.6 Å². The molecule has 0 spiro atoms. The average molecular weight is 480 g/mol. The number of nitrogens with one attached hydrogen (secondary N) is 1. The second kappa shape index (κ2) is 10.3. The Bertz CT molecular complexity index is 808. The fraction of sp³-hybridized carbons (Fsp3) is 0.333. The molecule has 0 aromatic heterocycles. The van der Waals surface area contributed by atoms with Crippen molar-refractivity contribution in [2.45, 2.75) is 27.2 Å². The SMILES string of the molecule is C/C(CI)=C1\C=CC=C\C1=N\Nc1cc(CCOC(=O)C(C)C)ccc1O. The largest absolute Gasteiger partial charge is 0.506 e. The highest BCUT2D eigenvalue weighted by Gasteiger charge is 2.10. The zero-order valence-electron chi connectivity index (χ0n) is 15.8. The predicted molar refractivity (Wildman–Crippen MR) is 119 cm³/mol. The third-order valence-electron chi connectivity index (χ3n) is 4.03. The number of esters is 1. The summed E-state index contributed by atoms with van der Waals surface area (Å²) in [6.07, 6.45) is 8.47. The number of anilines is 1. The summed E-state index contributed by atoms with van der Waals surface area (Å²) in [6, 6.07) is 5.25. The predicted octanol–water partition coefficient (Wildman–Crippen LogP) is 4.78. The number of alkyl halides is 1. The van der Waals surface area contributed by atoms with E-state index in [1.165, 1.54) is 5.57 Å². The fourth-order valence-electron chi connectivity index (χ4n) is 2.39. The van der Waals surface area contributed by atoms with Crippen LogP contribution in [0.5, 0.6) is 5.75 Å². The summed E-state index contributed by atoms with van der Waals surface area (Å²) in [5.41, 5.74) is 7.56. The van der Waals surface area contributed by atoms with Gasteiger partial charge in [-0.05, 0) is 30.7 Å². The van der Waals surface area contributed by atoms with E-state index < -0.39 is 0 Å². The molecule has 2 N–H and O–H groups in total. The van der Waals surface area contributed by atoms with Gasteiger partial charge in [-0.3, -0.25) is 10.2 Å². The molecule has 0 fully saturated rings. The van der Waals surface area contributed by atoms with Gasteiger partial charge >= 0.3 is 5.97 Å². The van der Waals surface area contributed by atoms with Crippen molar-refractivity contribution in [3.63, 3.8) is 0 Å². The molecule has 0 heterocycles. The van der Waals surface area contributed by atoms with E-state index in [9.17, 15) is 9.90 Å². The Balaban J connectivity index is 2.09. The molecule has 0 radical (unpaired) electrons. The summed E-state index contributed by atoms with van der Waals surface area (Å²) < 4.78 is 6.13. The summed E-state index contributed by atoms with van der Waals surface area (Å²) in [7, 11) is 0. The molecule has 0 atom stereocenters. The minimum atomic E-state index is -0.208. The molecule has 1 aliphatic rings. The van der Waals surface area contributed by atoms with Gasteiger partial charge in [-0.15, -0.1) is 0 Å². The van der Waals surface area contributed by atoms with Crippen molar-refractivity contribution in [3.05, 3.63) is 59.2 Å². The molecule has 0 saturated carbocycles. The summed E-state index contributed by atoms with van der Waals surface area (Å²) in [5, 5.41) is 14.6. The Labute approximate surface area is 174 Å². The molecule has 1 aliphatic carbocycles. The lowest BCUT2D eigenvalue weighted by molar-refractivity contribution is -0.147. The monoisotopic (exact) mass is 480 g/mol. The number of phenolic OH excluding ortho intramolecular Hbond substituents is 1. The molecule has 1 aromatic carbocycles. The van der Waals surface area contributed by atoms with E-state index in [0.717, 1.165) is 21.3 Å². The van der Waals surface area contributed by atoms with E-state index in [4.69, 9.17) is 4.74 Å². The van der Waals surface area contributed by atoms with Gasteiger partial charge in [0.1, 0.15) is 5.75 Å². The Morgan fingerprint density at radius 1 is 1.30 bits per heavy atom. The minimum Gasteiger partial charge on any atom is -0.506 e. The molecule has 2 rings (SSSR count). The van der Waals surface area contributed by atoms with Gasteiger partial charge in [0.15, 0.2) is 0 Å². The molecule has 0 bridgehead atoms. The number of ether oxygens (including phenoxy) is 1. The Kier molecular flexibility index (Phi) is 8.09. The van der Waals surface area contributed by atoms with Crippen LogP contribution in [0.1, 0.15) is 26.3 Å². The van der Waals surface area contributed by atoms with E-state index in [-0.39, 0.29) is 17.6 Å². The number of hydrogen-bond donors (Lipinski definition) is 2. The molecular formula is C21H25IN2O3. The van der Waals surface area contributed by atoms with E-state index in [0.29, 0.717) is 18.7 Å². The van der Waals surface area contributed by atoms with Crippen LogP contribution in [0.15, 0.2) is 58.8 Å². The van der Waals surface area contributed by atoms with Crippen LogP contribution in [0.4, 0.5) is 5.69 Å². The lowest BCUT2D eigenvalue weighted by Gasteiger charge is -2.12. The molecular weight excluding hydrogens is 455 g/mol. The average Bonchev–Trinajstić information content (AvgIpc) is 2.67.